The van der Waals surface area contributed by atoms with Crippen molar-refractivity contribution in [1.82, 2.24) is 4.90 Å². The molecule has 1 amide bonds. The second kappa shape index (κ2) is 9.71. The van der Waals surface area contributed by atoms with Gasteiger partial charge in [0, 0.05) is 29.2 Å². The SMILES string of the molecule is CCN(CC)CCc1ccc(NC(=C2C(=O)Nc3ccc(N)cc32)c2ccccc2)cc1. The number of nitrogens with two attached hydrogens (primary N) is 1. The highest BCUT2D eigenvalue weighted by atomic mass is 16.2. The fourth-order valence-corrected chi connectivity index (χ4v) is 4.04. The lowest BCUT2D eigenvalue weighted by Gasteiger charge is -2.18. The van der Waals surface area contributed by atoms with Crippen LogP contribution >= 0.6 is 0 Å². The highest BCUT2D eigenvalue weighted by Gasteiger charge is 2.28. The molecule has 0 saturated carbocycles. The fraction of sp³-hybridized carbons (Fsp3) is 0.222. The average molecular weight is 427 g/mol. The number of rotatable bonds is 8. The average Bonchev–Trinajstić information content (AvgIpc) is 3.14. The number of nitrogens with zero attached hydrogens (tertiary/aromatic N) is 1. The van der Waals surface area contributed by atoms with E-state index in [0.717, 1.165) is 54.3 Å². The molecule has 3 aromatic rings. The number of hydrogen-bond donors (Lipinski definition) is 3. The van der Waals surface area contributed by atoms with E-state index in [2.05, 4.69) is 53.6 Å². The number of amides is 1. The lowest BCUT2D eigenvalue weighted by Crippen LogP contribution is -2.25. The van der Waals surface area contributed by atoms with Crippen molar-refractivity contribution in [3.8, 4) is 0 Å². The van der Waals surface area contributed by atoms with Crippen LogP contribution in [0.15, 0.2) is 72.8 Å². The molecule has 0 atom stereocenters. The highest BCUT2D eigenvalue weighted by Crippen LogP contribution is 2.38. The van der Waals surface area contributed by atoms with E-state index in [-0.39, 0.29) is 5.91 Å². The number of benzene rings is 3. The molecule has 0 bridgehead atoms. The van der Waals surface area contributed by atoms with Gasteiger partial charge in [0.1, 0.15) is 0 Å². The van der Waals surface area contributed by atoms with Crippen LogP contribution in [0.4, 0.5) is 17.1 Å². The van der Waals surface area contributed by atoms with Crippen LogP contribution < -0.4 is 16.4 Å². The van der Waals surface area contributed by atoms with Gasteiger partial charge in [0.25, 0.3) is 5.91 Å². The Morgan fingerprint density at radius 3 is 2.38 bits per heavy atom. The van der Waals surface area contributed by atoms with Gasteiger partial charge >= 0.3 is 0 Å². The molecule has 1 aliphatic rings. The van der Waals surface area contributed by atoms with Gasteiger partial charge in [-0.3, -0.25) is 4.79 Å². The van der Waals surface area contributed by atoms with Gasteiger partial charge in [-0.2, -0.15) is 0 Å². The molecule has 1 aliphatic heterocycles. The first kappa shape index (κ1) is 21.7. The number of nitrogen functional groups attached to an aromatic ring is 1. The molecular formula is C27H30N4O. The second-order valence-electron chi connectivity index (χ2n) is 7.97. The van der Waals surface area contributed by atoms with Gasteiger partial charge in [0.15, 0.2) is 0 Å². The minimum atomic E-state index is -0.132. The largest absolute Gasteiger partial charge is 0.399 e. The summed E-state index contributed by atoms with van der Waals surface area (Å²) in [4.78, 5) is 15.4. The maximum atomic E-state index is 13.0. The summed E-state index contributed by atoms with van der Waals surface area (Å²) in [5, 5.41) is 6.47. The van der Waals surface area contributed by atoms with Gasteiger partial charge in [-0.05, 0) is 61.0 Å². The predicted molar refractivity (Wildman–Crippen MR) is 134 cm³/mol. The standard InChI is InChI=1S/C27H30N4O/c1-3-31(4-2)17-16-19-10-13-22(14-11-19)29-26(20-8-6-5-7-9-20)25-23-18-21(28)12-15-24(23)30-27(25)32/h5-15,18,29H,3-4,16-17,28H2,1-2H3,(H,30,32). The van der Waals surface area contributed by atoms with E-state index >= 15 is 0 Å². The molecule has 4 rings (SSSR count). The van der Waals surface area contributed by atoms with Crippen LogP contribution in [-0.4, -0.2) is 30.4 Å². The number of hydrogen-bond acceptors (Lipinski definition) is 4. The molecule has 0 radical (unpaired) electrons. The maximum Gasteiger partial charge on any atom is 0.258 e. The van der Waals surface area contributed by atoms with E-state index in [0.29, 0.717) is 11.3 Å². The zero-order chi connectivity index (χ0) is 22.5. The van der Waals surface area contributed by atoms with Gasteiger partial charge in [0.2, 0.25) is 0 Å². The van der Waals surface area contributed by atoms with E-state index in [1.165, 1.54) is 5.56 Å². The number of anilines is 3. The van der Waals surface area contributed by atoms with Crippen LogP contribution in [-0.2, 0) is 11.2 Å². The van der Waals surface area contributed by atoms with Crippen LogP contribution in [0.1, 0.15) is 30.5 Å². The maximum absolute atomic E-state index is 13.0. The van der Waals surface area contributed by atoms with Crippen LogP contribution in [0.5, 0.6) is 0 Å². The minimum Gasteiger partial charge on any atom is -0.399 e. The topological polar surface area (TPSA) is 70.4 Å². The van der Waals surface area contributed by atoms with Gasteiger partial charge in [-0.1, -0.05) is 56.3 Å². The Labute approximate surface area is 189 Å². The number of likely N-dealkylation sites (N-methyl/N-ethyl adjacent to an activating group) is 1. The lowest BCUT2D eigenvalue weighted by atomic mass is 9.99. The van der Waals surface area contributed by atoms with Crippen molar-refractivity contribution < 1.29 is 4.79 Å². The summed E-state index contributed by atoms with van der Waals surface area (Å²) in [7, 11) is 0. The van der Waals surface area contributed by atoms with Crippen molar-refractivity contribution in [3.63, 3.8) is 0 Å². The third-order valence-corrected chi connectivity index (χ3v) is 5.94. The quantitative estimate of drug-likeness (QED) is 0.347. The number of carbonyl (C=O) groups excluding carboxylic acids is 1. The van der Waals surface area contributed by atoms with E-state index in [9.17, 15) is 4.79 Å². The van der Waals surface area contributed by atoms with Crippen molar-refractivity contribution in [2.75, 3.05) is 36.0 Å². The van der Waals surface area contributed by atoms with Gasteiger partial charge in [0.05, 0.1) is 11.3 Å². The first-order chi connectivity index (χ1) is 15.6. The zero-order valence-corrected chi connectivity index (χ0v) is 18.7. The lowest BCUT2D eigenvalue weighted by molar-refractivity contribution is -0.110. The van der Waals surface area contributed by atoms with E-state index in [4.69, 9.17) is 5.73 Å². The Morgan fingerprint density at radius 1 is 0.969 bits per heavy atom. The minimum absolute atomic E-state index is 0.132. The van der Waals surface area contributed by atoms with Crippen molar-refractivity contribution in [2.45, 2.75) is 20.3 Å². The zero-order valence-electron chi connectivity index (χ0n) is 18.7. The summed E-state index contributed by atoms with van der Waals surface area (Å²) in [6, 6.07) is 23.9. The van der Waals surface area contributed by atoms with Crippen molar-refractivity contribution in [2.24, 2.45) is 0 Å². The Balaban J connectivity index is 1.66. The molecule has 5 heteroatoms. The second-order valence-corrected chi connectivity index (χ2v) is 7.97. The molecule has 0 spiro atoms. The number of fused-ring (bicyclic) bond motifs is 1. The summed E-state index contributed by atoms with van der Waals surface area (Å²) in [5.41, 5.74) is 12.8. The van der Waals surface area contributed by atoms with Crippen LogP contribution in [0.3, 0.4) is 0 Å². The molecule has 0 aliphatic carbocycles. The van der Waals surface area contributed by atoms with Crippen molar-refractivity contribution in [1.29, 1.82) is 0 Å². The molecule has 5 nitrogen and oxygen atoms in total. The highest BCUT2D eigenvalue weighted by molar-refractivity contribution is 6.37. The Hall–Kier alpha value is -3.57. The first-order valence-electron chi connectivity index (χ1n) is 11.2. The smallest absolute Gasteiger partial charge is 0.258 e. The normalized spacial score (nSPS) is 14.3. The Bertz CT molecular complexity index is 1120. The molecule has 0 saturated heterocycles. The summed E-state index contributed by atoms with van der Waals surface area (Å²) in [6.45, 7) is 7.58. The van der Waals surface area contributed by atoms with E-state index < -0.39 is 0 Å². The Kier molecular flexibility index (Phi) is 6.57. The molecule has 0 unspecified atom stereocenters. The number of carbonyl (C=O) groups is 1. The summed E-state index contributed by atoms with van der Waals surface area (Å²) in [5.74, 6) is -0.132. The van der Waals surface area contributed by atoms with Crippen molar-refractivity contribution in [3.05, 3.63) is 89.5 Å². The predicted octanol–water partition coefficient (Wildman–Crippen LogP) is 5.09. The molecule has 164 valence electrons. The van der Waals surface area contributed by atoms with Crippen LogP contribution in [0.25, 0.3) is 11.3 Å². The molecule has 3 aromatic carbocycles. The van der Waals surface area contributed by atoms with Gasteiger partial charge < -0.3 is 21.3 Å². The summed E-state index contributed by atoms with van der Waals surface area (Å²) >= 11 is 0. The monoisotopic (exact) mass is 426 g/mol. The molecule has 0 fully saturated rings. The Morgan fingerprint density at radius 2 is 1.69 bits per heavy atom. The summed E-state index contributed by atoms with van der Waals surface area (Å²) < 4.78 is 0. The van der Waals surface area contributed by atoms with E-state index in [1.54, 1.807) is 6.07 Å². The molecule has 4 N–H and O–H groups in total. The van der Waals surface area contributed by atoms with Crippen molar-refractivity contribution >= 4 is 34.2 Å². The molecule has 1 heterocycles. The van der Waals surface area contributed by atoms with Crippen LogP contribution in [0, 0.1) is 0 Å². The van der Waals surface area contributed by atoms with Crippen LogP contribution in [0.2, 0.25) is 0 Å². The molecule has 32 heavy (non-hydrogen) atoms. The summed E-state index contributed by atoms with van der Waals surface area (Å²) in [6.07, 6.45) is 1.02. The number of nitrogens with one attached hydrogen (secondary N) is 2. The third-order valence-electron chi connectivity index (χ3n) is 5.94. The fourth-order valence-electron chi connectivity index (χ4n) is 4.04. The first-order valence-corrected chi connectivity index (χ1v) is 11.2. The van der Waals surface area contributed by atoms with Gasteiger partial charge in [-0.25, -0.2) is 0 Å². The molecular weight excluding hydrogens is 396 g/mol. The van der Waals surface area contributed by atoms with E-state index in [1.807, 2.05) is 42.5 Å². The third kappa shape index (κ3) is 4.68. The molecule has 0 aromatic heterocycles. The van der Waals surface area contributed by atoms with Gasteiger partial charge in [-0.15, -0.1) is 0 Å².